The van der Waals surface area contributed by atoms with Crippen molar-refractivity contribution < 1.29 is 0 Å². The van der Waals surface area contributed by atoms with Gasteiger partial charge in [0, 0.05) is 11.9 Å². The molecule has 1 aromatic heterocycles. The summed E-state index contributed by atoms with van der Waals surface area (Å²) in [6, 6.07) is 2.33. The number of aromatic nitrogens is 2. The Morgan fingerprint density at radius 1 is 1.69 bits per heavy atom. The summed E-state index contributed by atoms with van der Waals surface area (Å²) in [5.74, 6) is 0.874. The Kier molecular flexibility index (Phi) is 1.84. The van der Waals surface area contributed by atoms with Crippen LogP contribution in [0.25, 0.3) is 0 Å². The molecular weight excluding hydrogens is 162 g/mol. The lowest BCUT2D eigenvalue weighted by Crippen LogP contribution is -2.04. The van der Waals surface area contributed by atoms with Gasteiger partial charge in [-0.1, -0.05) is 13.3 Å². The van der Waals surface area contributed by atoms with Crippen LogP contribution in [-0.2, 0) is 11.8 Å². The SMILES string of the molecule is CCCc1cnc(C2(C#N)CC2)[nH]1. The Bertz CT molecular complexity index is 341. The van der Waals surface area contributed by atoms with E-state index in [0.29, 0.717) is 0 Å². The van der Waals surface area contributed by atoms with Gasteiger partial charge < -0.3 is 4.98 Å². The summed E-state index contributed by atoms with van der Waals surface area (Å²) in [5.41, 5.74) is 0.894. The molecule has 0 aliphatic heterocycles. The van der Waals surface area contributed by atoms with Crippen LogP contribution in [0, 0.1) is 11.3 Å². The Hall–Kier alpha value is -1.30. The van der Waals surface area contributed by atoms with Crippen molar-refractivity contribution in [3.05, 3.63) is 17.7 Å². The third-order valence-electron chi connectivity index (χ3n) is 2.57. The van der Waals surface area contributed by atoms with Crippen molar-refractivity contribution in [3.8, 4) is 6.07 Å². The molecule has 1 aromatic rings. The summed E-state index contributed by atoms with van der Waals surface area (Å²) in [7, 11) is 0. The molecule has 1 heterocycles. The second kappa shape index (κ2) is 2.88. The Balaban J connectivity index is 2.19. The standard InChI is InChI=1S/C10H13N3/c1-2-3-8-6-12-9(13-8)10(7-11)4-5-10/h6H,2-5H2,1H3,(H,12,13). The molecule has 0 atom stereocenters. The van der Waals surface area contributed by atoms with Crippen LogP contribution in [0.15, 0.2) is 6.20 Å². The fourth-order valence-electron chi connectivity index (χ4n) is 1.53. The molecule has 1 aliphatic carbocycles. The molecule has 3 nitrogen and oxygen atoms in total. The smallest absolute Gasteiger partial charge is 0.126 e. The lowest BCUT2D eigenvalue weighted by molar-refractivity contribution is 0.805. The van der Waals surface area contributed by atoms with Crippen molar-refractivity contribution in [1.82, 2.24) is 9.97 Å². The van der Waals surface area contributed by atoms with Crippen molar-refractivity contribution in [2.45, 2.75) is 38.0 Å². The van der Waals surface area contributed by atoms with Crippen LogP contribution in [0.5, 0.6) is 0 Å². The van der Waals surface area contributed by atoms with Crippen LogP contribution in [-0.4, -0.2) is 9.97 Å². The van der Waals surface area contributed by atoms with Crippen LogP contribution in [0.1, 0.15) is 37.7 Å². The first-order valence-electron chi connectivity index (χ1n) is 4.76. The minimum absolute atomic E-state index is 0.258. The molecule has 1 fully saturated rings. The zero-order valence-corrected chi connectivity index (χ0v) is 7.80. The first kappa shape index (κ1) is 8.31. The molecule has 0 spiro atoms. The summed E-state index contributed by atoms with van der Waals surface area (Å²) >= 11 is 0. The average molecular weight is 175 g/mol. The normalized spacial score (nSPS) is 18.2. The minimum atomic E-state index is -0.258. The fraction of sp³-hybridized carbons (Fsp3) is 0.600. The number of hydrogen-bond acceptors (Lipinski definition) is 2. The summed E-state index contributed by atoms with van der Waals surface area (Å²) in [5, 5.41) is 8.94. The number of rotatable bonds is 3. The van der Waals surface area contributed by atoms with Crippen LogP contribution >= 0.6 is 0 Å². The van der Waals surface area contributed by atoms with E-state index in [1.807, 2.05) is 6.20 Å². The third-order valence-corrected chi connectivity index (χ3v) is 2.57. The van der Waals surface area contributed by atoms with Crippen LogP contribution in [0.4, 0.5) is 0 Å². The van der Waals surface area contributed by atoms with E-state index in [1.165, 1.54) is 0 Å². The maximum atomic E-state index is 8.94. The number of imidazole rings is 1. The van der Waals surface area contributed by atoms with Crippen molar-refractivity contribution in [1.29, 1.82) is 5.26 Å². The van der Waals surface area contributed by atoms with Gasteiger partial charge in [0.15, 0.2) is 0 Å². The van der Waals surface area contributed by atoms with E-state index in [-0.39, 0.29) is 5.41 Å². The summed E-state index contributed by atoms with van der Waals surface area (Å²) in [4.78, 5) is 7.50. The van der Waals surface area contributed by atoms with Gasteiger partial charge in [-0.2, -0.15) is 5.26 Å². The van der Waals surface area contributed by atoms with Crippen molar-refractivity contribution in [2.24, 2.45) is 0 Å². The molecule has 13 heavy (non-hydrogen) atoms. The molecule has 1 aliphatic rings. The predicted octanol–water partition coefficient (Wildman–Crippen LogP) is 1.92. The van der Waals surface area contributed by atoms with E-state index >= 15 is 0 Å². The van der Waals surface area contributed by atoms with Gasteiger partial charge in [-0.15, -0.1) is 0 Å². The Morgan fingerprint density at radius 2 is 2.46 bits per heavy atom. The number of nitrogens with one attached hydrogen (secondary N) is 1. The van der Waals surface area contributed by atoms with E-state index in [4.69, 9.17) is 5.26 Å². The maximum Gasteiger partial charge on any atom is 0.126 e. The molecular formula is C10H13N3. The summed E-state index contributed by atoms with van der Waals surface area (Å²) < 4.78 is 0. The molecule has 0 saturated heterocycles. The minimum Gasteiger partial charge on any atom is -0.345 e. The number of hydrogen-bond donors (Lipinski definition) is 1. The quantitative estimate of drug-likeness (QED) is 0.763. The Labute approximate surface area is 77.8 Å². The van der Waals surface area contributed by atoms with Gasteiger partial charge in [-0.05, 0) is 19.3 Å². The molecule has 3 heteroatoms. The van der Waals surface area contributed by atoms with Gasteiger partial charge in [-0.3, -0.25) is 0 Å². The molecule has 0 radical (unpaired) electrons. The van der Waals surface area contributed by atoms with Gasteiger partial charge >= 0.3 is 0 Å². The number of H-pyrrole nitrogens is 1. The molecule has 68 valence electrons. The van der Waals surface area contributed by atoms with Crippen LogP contribution < -0.4 is 0 Å². The number of nitriles is 1. The second-order valence-corrected chi connectivity index (χ2v) is 3.70. The van der Waals surface area contributed by atoms with E-state index in [0.717, 1.165) is 37.2 Å². The van der Waals surface area contributed by atoms with E-state index in [1.54, 1.807) is 0 Å². The van der Waals surface area contributed by atoms with Crippen molar-refractivity contribution >= 4 is 0 Å². The zero-order valence-electron chi connectivity index (χ0n) is 7.80. The fourth-order valence-corrected chi connectivity index (χ4v) is 1.53. The topological polar surface area (TPSA) is 52.5 Å². The largest absolute Gasteiger partial charge is 0.345 e. The van der Waals surface area contributed by atoms with Gasteiger partial charge in [0.1, 0.15) is 11.2 Å². The lowest BCUT2D eigenvalue weighted by atomic mass is 10.1. The van der Waals surface area contributed by atoms with E-state index < -0.39 is 0 Å². The Morgan fingerprint density at radius 3 is 3.00 bits per heavy atom. The molecule has 2 rings (SSSR count). The van der Waals surface area contributed by atoms with E-state index in [2.05, 4.69) is 23.0 Å². The number of nitrogens with zero attached hydrogens (tertiary/aromatic N) is 2. The van der Waals surface area contributed by atoms with Crippen LogP contribution in [0.2, 0.25) is 0 Å². The maximum absolute atomic E-state index is 8.94. The third kappa shape index (κ3) is 1.33. The average Bonchev–Trinajstić information content (AvgIpc) is 2.82. The van der Waals surface area contributed by atoms with E-state index in [9.17, 15) is 0 Å². The first-order valence-corrected chi connectivity index (χ1v) is 4.76. The van der Waals surface area contributed by atoms with Crippen LogP contribution in [0.3, 0.4) is 0 Å². The molecule has 0 amide bonds. The highest BCUT2D eigenvalue weighted by atomic mass is 14.9. The highest BCUT2D eigenvalue weighted by molar-refractivity contribution is 5.30. The number of aromatic amines is 1. The van der Waals surface area contributed by atoms with Gasteiger partial charge in [-0.25, -0.2) is 4.98 Å². The molecule has 1 N–H and O–H groups in total. The summed E-state index contributed by atoms with van der Waals surface area (Å²) in [6.45, 7) is 2.14. The zero-order chi connectivity index (χ0) is 9.31. The van der Waals surface area contributed by atoms with Crippen molar-refractivity contribution in [2.75, 3.05) is 0 Å². The monoisotopic (exact) mass is 175 g/mol. The predicted molar refractivity (Wildman–Crippen MR) is 49.1 cm³/mol. The molecule has 0 unspecified atom stereocenters. The second-order valence-electron chi connectivity index (χ2n) is 3.70. The van der Waals surface area contributed by atoms with Gasteiger partial charge in [0.05, 0.1) is 6.07 Å². The molecule has 0 aromatic carbocycles. The highest BCUT2D eigenvalue weighted by Crippen LogP contribution is 2.45. The summed E-state index contributed by atoms with van der Waals surface area (Å²) in [6.07, 6.45) is 5.91. The lowest BCUT2D eigenvalue weighted by Gasteiger charge is -1.98. The molecule has 1 saturated carbocycles. The van der Waals surface area contributed by atoms with Gasteiger partial charge in [0.25, 0.3) is 0 Å². The highest BCUT2D eigenvalue weighted by Gasteiger charge is 2.47. The molecule has 0 bridgehead atoms. The van der Waals surface area contributed by atoms with Gasteiger partial charge in [0.2, 0.25) is 0 Å². The van der Waals surface area contributed by atoms with Crippen molar-refractivity contribution in [3.63, 3.8) is 0 Å². The first-order chi connectivity index (χ1) is 6.30. The number of aryl methyl sites for hydroxylation is 1.